The highest BCUT2D eigenvalue weighted by molar-refractivity contribution is 6.31. The van der Waals surface area contributed by atoms with Gasteiger partial charge in [0.05, 0.1) is 11.4 Å². The maximum atomic E-state index is 13.3. The third kappa shape index (κ3) is 4.00. The summed E-state index contributed by atoms with van der Waals surface area (Å²) in [7, 11) is 0. The van der Waals surface area contributed by atoms with E-state index in [-0.39, 0.29) is 29.6 Å². The third-order valence-corrected chi connectivity index (χ3v) is 5.36. The van der Waals surface area contributed by atoms with Crippen molar-refractivity contribution in [1.29, 1.82) is 0 Å². The second kappa shape index (κ2) is 7.55. The molecule has 4 nitrogen and oxygen atoms in total. The smallest absolute Gasteiger partial charge is 0.384 e. The summed E-state index contributed by atoms with van der Waals surface area (Å²) in [5, 5.41) is 6.75. The number of carbonyl (C=O) groups is 1. The molecule has 0 bridgehead atoms. The van der Waals surface area contributed by atoms with Crippen LogP contribution in [0.3, 0.4) is 0 Å². The molecule has 8 heteroatoms. The Morgan fingerprint density at radius 2 is 1.90 bits per heavy atom. The van der Waals surface area contributed by atoms with E-state index >= 15 is 0 Å². The predicted molar refractivity (Wildman–Crippen MR) is 106 cm³/mol. The van der Waals surface area contributed by atoms with Crippen molar-refractivity contribution < 1.29 is 18.0 Å². The minimum Gasteiger partial charge on any atom is -0.384 e. The normalized spacial score (nSPS) is 19.4. The van der Waals surface area contributed by atoms with E-state index in [2.05, 4.69) is 15.6 Å². The molecule has 1 fully saturated rings. The largest absolute Gasteiger partial charge is 0.433 e. The topological polar surface area (TPSA) is 54.0 Å². The molecule has 1 aliphatic heterocycles. The van der Waals surface area contributed by atoms with Crippen molar-refractivity contribution in [3.8, 4) is 0 Å². The van der Waals surface area contributed by atoms with Crippen molar-refractivity contribution in [3.63, 3.8) is 0 Å². The van der Waals surface area contributed by atoms with Crippen LogP contribution in [0.25, 0.3) is 10.9 Å². The van der Waals surface area contributed by atoms with Crippen LogP contribution < -0.4 is 10.6 Å². The first kappa shape index (κ1) is 19.5. The molecule has 1 aromatic heterocycles. The van der Waals surface area contributed by atoms with E-state index in [1.165, 1.54) is 12.1 Å². The summed E-state index contributed by atoms with van der Waals surface area (Å²) in [6, 6.07) is 15.1. The predicted octanol–water partition coefficient (Wildman–Crippen LogP) is 4.85. The Hall–Kier alpha value is -2.80. The molecule has 29 heavy (non-hydrogen) atoms. The molecule has 2 atom stereocenters. The summed E-state index contributed by atoms with van der Waals surface area (Å²) in [5.41, 5.74) is 0.445. The third-order valence-electron chi connectivity index (χ3n) is 5.12. The van der Waals surface area contributed by atoms with E-state index in [0.717, 1.165) is 11.6 Å². The summed E-state index contributed by atoms with van der Waals surface area (Å²) in [4.78, 5) is 16.1. The summed E-state index contributed by atoms with van der Waals surface area (Å²) in [6.07, 6.45) is -4.58. The molecular formula is C21H17ClF3N3O. The number of carbonyl (C=O) groups excluding carboxylic acids is 1. The molecule has 2 N–H and O–H groups in total. The van der Waals surface area contributed by atoms with Crippen molar-refractivity contribution in [2.45, 2.75) is 12.1 Å². The number of fused-ring (bicyclic) bond motifs is 1. The fraction of sp³-hybridized carbons (Fsp3) is 0.238. The number of rotatable bonds is 4. The van der Waals surface area contributed by atoms with E-state index in [4.69, 9.17) is 11.6 Å². The molecule has 1 aliphatic rings. The molecule has 4 rings (SSSR count). The van der Waals surface area contributed by atoms with Gasteiger partial charge in [0.25, 0.3) is 0 Å². The van der Waals surface area contributed by atoms with Crippen molar-refractivity contribution in [2.24, 2.45) is 5.92 Å². The van der Waals surface area contributed by atoms with Gasteiger partial charge in [-0.2, -0.15) is 13.2 Å². The average molecular weight is 420 g/mol. The van der Waals surface area contributed by atoms with Gasteiger partial charge in [0.2, 0.25) is 5.91 Å². The summed E-state index contributed by atoms with van der Waals surface area (Å²) in [6.45, 7) is 0.681. The Labute approximate surface area is 170 Å². The maximum Gasteiger partial charge on any atom is 0.433 e. The van der Waals surface area contributed by atoms with E-state index in [1.54, 1.807) is 6.07 Å². The van der Waals surface area contributed by atoms with Gasteiger partial charge in [0, 0.05) is 35.1 Å². The number of halogens is 4. The lowest BCUT2D eigenvalue weighted by Crippen LogP contribution is -2.26. The van der Waals surface area contributed by atoms with Crippen molar-refractivity contribution in [3.05, 3.63) is 70.9 Å². The molecule has 3 aromatic rings. The minimum atomic E-state index is -4.58. The fourth-order valence-corrected chi connectivity index (χ4v) is 3.83. The first-order valence-electron chi connectivity index (χ1n) is 9.07. The number of benzene rings is 2. The van der Waals surface area contributed by atoms with Gasteiger partial charge in [-0.25, -0.2) is 4.98 Å². The van der Waals surface area contributed by atoms with Gasteiger partial charge in [-0.3, -0.25) is 4.79 Å². The summed E-state index contributed by atoms with van der Waals surface area (Å²) < 4.78 is 39.8. The molecule has 2 aromatic carbocycles. The fourth-order valence-electron chi connectivity index (χ4n) is 3.66. The van der Waals surface area contributed by atoms with Crippen LogP contribution in [0.5, 0.6) is 0 Å². The molecule has 1 saturated heterocycles. The van der Waals surface area contributed by atoms with Crippen LogP contribution in [0.15, 0.2) is 54.6 Å². The highest BCUT2D eigenvalue weighted by Crippen LogP contribution is 2.35. The monoisotopic (exact) mass is 419 g/mol. The number of nitrogens with one attached hydrogen (secondary N) is 2. The Bertz CT molecular complexity index is 1060. The van der Waals surface area contributed by atoms with Crippen LogP contribution in [0, 0.1) is 5.92 Å². The summed E-state index contributed by atoms with van der Waals surface area (Å²) >= 11 is 6.03. The van der Waals surface area contributed by atoms with E-state index in [1.807, 2.05) is 30.3 Å². The van der Waals surface area contributed by atoms with Crippen molar-refractivity contribution in [1.82, 2.24) is 10.3 Å². The lowest BCUT2D eigenvalue weighted by Gasteiger charge is -2.20. The number of hydrogen-bond acceptors (Lipinski definition) is 3. The molecule has 2 heterocycles. The lowest BCUT2D eigenvalue weighted by molar-refractivity contribution is -0.140. The van der Waals surface area contributed by atoms with Gasteiger partial charge in [0.15, 0.2) is 0 Å². The Morgan fingerprint density at radius 3 is 2.62 bits per heavy atom. The van der Waals surface area contributed by atoms with Gasteiger partial charge < -0.3 is 10.6 Å². The minimum absolute atomic E-state index is 0.0602. The number of alkyl halides is 3. The Balaban J connectivity index is 1.66. The number of anilines is 1. The van der Waals surface area contributed by atoms with Crippen LogP contribution in [0.2, 0.25) is 5.02 Å². The van der Waals surface area contributed by atoms with E-state index in [9.17, 15) is 18.0 Å². The average Bonchev–Trinajstić information content (AvgIpc) is 3.06. The zero-order valence-corrected chi connectivity index (χ0v) is 15.9. The quantitative estimate of drug-likeness (QED) is 0.635. The highest BCUT2D eigenvalue weighted by Gasteiger charge is 2.36. The number of amides is 1. The molecule has 0 spiro atoms. The maximum absolute atomic E-state index is 13.3. The molecule has 150 valence electrons. The Morgan fingerprint density at radius 1 is 1.14 bits per heavy atom. The SMILES string of the molecule is O=C1NCC(c2ccccc2)C1CNc1cc(C(F)(F)F)nc2ccc(Cl)cc12. The van der Waals surface area contributed by atoms with Crippen molar-refractivity contribution in [2.75, 3.05) is 18.4 Å². The molecule has 0 radical (unpaired) electrons. The molecule has 0 aliphatic carbocycles. The van der Waals surface area contributed by atoms with Crippen LogP contribution in [-0.4, -0.2) is 24.0 Å². The molecule has 1 amide bonds. The van der Waals surface area contributed by atoms with Crippen LogP contribution in [0.1, 0.15) is 17.2 Å². The number of hydrogen-bond donors (Lipinski definition) is 2. The second-order valence-corrected chi connectivity index (χ2v) is 7.40. The van der Waals surface area contributed by atoms with Gasteiger partial charge in [0.1, 0.15) is 5.69 Å². The first-order valence-corrected chi connectivity index (χ1v) is 9.45. The number of nitrogens with zero attached hydrogens (tertiary/aromatic N) is 1. The molecular weight excluding hydrogens is 403 g/mol. The van der Waals surface area contributed by atoms with E-state index < -0.39 is 17.8 Å². The van der Waals surface area contributed by atoms with Crippen LogP contribution >= 0.6 is 11.6 Å². The molecule has 2 unspecified atom stereocenters. The Kier molecular flexibility index (Phi) is 5.08. The van der Waals surface area contributed by atoms with Gasteiger partial charge in [-0.05, 0) is 29.8 Å². The van der Waals surface area contributed by atoms with Gasteiger partial charge in [-0.15, -0.1) is 0 Å². The zero-order valence-electron chi connectivity index (χ0n) is 15.1. The van der Waals surface area contributed by atoms with Crippen LogP contribution in [0.4, 0.5) is 18.9 Å². The van der Waals surface area contributed by atoms with Crippen molar-refractivity contribution >= 4 is 34.1 Å². The van der Waals surface area contributed by atoms with Crippen LogP contribution in [-0.2, 0) is 11.0 Å². The van der Waals surface area contributed by atoms with Gasteiger partial charge >= 0.3 is 6.18 Å². The van der Waals surface area contributed by atoms with Gasteiger partial charge in [-0.1, -0.05) is 41.9 Å². The number of aromatic nitrogens is 1. The summed E-state index contributed by atoms with van der Waals surface area (Å²) in [5.74, 6) is -0.595. The standard InChI is InChI=1S/C21H17ClF3N3O/c22-13-6-7-17-14(8-13)18(9-19(28-17)21(23,24)25)26-11-16-15(10-27-20(16)29)12-4-2-1-3-5-12/h1-9,15-16H,10-11H2,(H,26,28)(H,27,29). The van der Waals surface area contributed by atoms with E-state index in [0.29, 0.717) is 17.0 Å². The highest BCUT2D eigenvalue weighted by atomic mass is 35.5. The zero-order chi connectivity index (χ0) is 20.6. The lowest BCUT2D eigenvalue weighted by atomic mass is 9.88. The molecule has 0 saturated carbocycles. The number of pyridine rings is 1. The second-order valence-electron chi connectivity index (χ2n) is 6.96. The first-order chi connectivity index (χ1) is 13.8.